The van der Waals surface area contributed by atoms with E-state index in [-0.39, 0.29) is 47.8 Å². The molecule has 2 amide bonds. The van der Waals surface area contributed by atoms with Crippen LogP contribution in [0.2, 0.25) is 0 Å². The lowest BCUT2D eigenvalue weighted by molar-refractivity contribution is -0.125. The van der Waals surface area contributed by atoms with Crippen LogP contribution in [0.5, 0.6) is 0 Å². The first-order valence-electron chi connectivity index (χ1n) is 13.0. The summed E-state index contributed by atoms with van der Waals surface area (Å²) in [6, 6.07) is 11.3. The van der Waals surface area contributed by atoms with Crippen molar-refractivity contribution in [1.82, 2.24) is 9.46 Å². The second-order valence-corrected chi connectivity index (χ2v) is 12.2. The fraction of sp³-hybridized carbons (Fsp3) is 0.345. The van der Waals surface area contributed by atoms with Gasteiger partial charge in [0, 0.05) is 13.1 Å². The summed E-state index contributed by atoms with van der Waals surface area (Å²) in [5.41, 5.74) is 5.76. The van der Waals surface area contributed by atoms with Gasteiger partial charge in [-0.15, -0.1) is 0 Å². The third-order valence-electron chi connectivity index (χ3n) is 7.34. The summed E-state index contributed by atoms with van der Waals surface area (Å²) in [6.07, 6.45) is 4.55. The molecule has 3 aromatic rings. The Bertz CT molecular complexity index is 1570. The summed E-state index contributed by atoms with van der Waals surface area (Å²) < 4.78 is 34.6. The Morgan fingerprint density at radius 2 is 1.82 bits per heavy atom. The molecule has 5 rings (SSSR count). The third-order valence-corrected chi connectivity index (χ3v) is 9.36. The van der Waals surface area contributed by atoms with Crippen molar-refractivity contribution in [3.63, 3.8) is 0 Å². The number of fused-ring (bicyclic) bond motifs is 1. The molecule has 0 bridgehead atoms. The molecule has 0 radical (unpaired) electrons. The molecule has 204 valence electrons. The predicted octanol–water partition coefficient (Wildman–Crippen LogP) is 4.46. The summed E-state index contributed by atoms with van der Waals surface area (Å²) in [6.45, 7) is 7.87. The van der Waals surface area contributed by atoms with Crippen LogP contribution in [0.25, 0.3) is 12.2 Å². The second kappa shape index (κ2) is 10.4. The topological polar surface area (TPSA) is 113 Å². The average molecular weight is 549 g/mol. The summed E-state index contributed by atoms with van der Waals surface area (Å²) in [5.74, 6) is -0.964. The minimum Gasteiger partial charge on any atom is -0.355 e. The number of aryl methyl sites for hydroxylation is 4. The minimum atomic E-state index is -4.00. The normalized spacial score (nSPS) is 18.3. The summed E-state index contributed by atoms with van der Waals surface area (Å²) >= 11 is 0. The highest BCUT2D eigenvalue weighted by molar-refractivity contribution is 7.89. The van der Waals surface area contributed by atoms with Gasteiger partial charge in [-0.05, 0) is 75.4 Å². The number of hydrogen-bond acceptors (Lipinski definition) is 6. The van der Waals surface area contributed by atoms with Crippen LogP contribution in [0.15, 0.2) is 45.8 Å². The van der Waals surface area contributed by atoms with Crippen LogP contribution >= 0.6 is 0 Å². The van der Waals surface area contributed by atoms with Gasteiger partial charge in [-0.2, -0.15) is 4.31 Å². The lowest BCUT2D eigenvalue weighted by Crippen LogP contribution is -2.50. The Hall–Kier alpha value is -3.76. The van der Waals surface area contributed by atoms with Crippen molar-refractivity contribution in [3.05, 3.63) is 70.1 Å². The molecule has 2 aliphatic rings. The molecule has 39 heavy (non-hydrogen) atoms. The van der Waals surface area contributed by atoms with Crippen LogP contribution < -0.4 is 10.2 Å². The van der Waals surface area contributed by atoms with E-state index in [0.29, 0.717) is 24.2 Å². The van der Waals surface area contributed by atoms with Gasteiger partial charge in [0.2, 0.25) is 21.8 Å². The van der Waals surface area contributed by atoms with Crippen LogP contribution in [0, 0.1) is 33.6 Å². The number of rotatable bonds is 5. The largest absolute Gasteiger partial charge is 0.355 e. The van der Waals surface area contributed by atoms with Crippen LogP contribution in [-0.4, -0.2) is 49.3 Å². The fourth-order valence-corrected chi connectivity index (χ4v) is 7.33. The number of anilines is 2. The molecule has 2 aromatic carbocycles. The van der Waals surface area contributed by atoms with E-state index in [0.717, 1.165) is 22.3 Å². The molecule has 1 N–H and O–H groups in total. The average Bonchev–Trinajstić information content (AvgIpc) is 3.28. The lowest BCUT2D eigenvalue weighted by atomic mass is 9.97. The van der Waals surface area contributed by atoms with Gasteiger partial charge in [-0.25, -0.2) is 8.42 Å². The number of piperidine rings is 1. The smallest absolute Gasteiger partial charge is 0.248 e. The molecule has 0 unspecified atom stereocenters. The SMILES string of the molecule is Cc1cc(C)c(/C=C/c2onc(C)c2S(=O)(=O)N2CCC[C@H](C(=O)N3CC(=O)Nc4ccccc43)C2)c(C)c1. The summed E-state index contributed by atoms with van der Waals surface area (Å²) in [7, 11) is -4.00. The molecule has 2 aliphatic heterocycles. The number of aromatic nitrogens is 1. The van der Waals surface area contributed by atoms with Crippen molar-refractivity contribution in [2.75, 3.05) is 29.9 Å². The van der Waals surface area contributed by atoms with Crippen LogP contribution in [0.3, 0.4) is 0 Å². The van der Waals surface area contributed by atoms with Gasteiger partial charge in [0.1, 0.15) is 12.2 Å². The van der Waals surface area contributed by atoms with E-state index in [9.17, 15) is 18.0 Å². The van der Waals surface area contributed by atoms with E-state index in [4.69, 9.17) is 4.52 Å². The molecule has 0 saturated carbocycles. The zero-order chi connectivity index (χ0) is 27.9. The van der Waals surface area contributed by atoms with E-state index in [2.05, 4.69) is 22.6 Å². The molecule has 9 nitrogen and oxygen atoms in total. The number of sulfonamides is 1. The highest BCUT2D eigenvalue weighted by Crippen LogP contribution is 2.34. The van der Waals surface area contributed by atoms with Crippen molar-refractivity contribution in [2.45, 2.75) is 45.4 Å². The zero-order valence-electron chi connectivity index (χ0n) is 22.5. The van der Waals surface area contributed by atoms with Gasteiger partial charge in [-0.3, -0.25) is 9.59 Å². The van der Waals surface area contributed by atoms with Crippen LogP contribution in [0.4, 0.5) is 11.4 Å². The van der Waals surface area contributed by atoms with E-state index < -0.39 is 15.9 Å². The highest BCUT2D eigenvalue weighted by atomic mass is 32.2. The molecule has 1 fully saturated rings. The maximum absolute atomic E-state index is 13.9. The number of carbonyl (C=O) groups is 2. The van der Waals surface area contributed by atoms with Gasteiger partial charge >= 0.3 is 0 Å². The van der Waals surface area contributed by atoms with Gasteiger partial charge in [0.15, 0.2) is 10.7 Å². The first-order valence-corrected chi connectivity index (χ1v) is 14.4. The maximum Gasteiger partial charge on any atom is 0.248 e. The maximum atomic E-state index is 13.9. The molecule has 0 spiro atoms. The monoisotopic (exact) mass is 548 g/mol. The first kappa shape index (κ1) is 26.8. The van der Waals surface area contributed by atoms with Gasteiger partial charge in [-0.1, -0.05) is 41.1 Å². The molecule has 1 aromatic heterocycles. The number of nitrogens with zero attached hydrogens (tertiary/aromatic N) is 3. The van der Waals surface area contributed by atoms with Crippen LogP contribution in [-0.2, 0) is 19.6 Å². The second-order valence-electron chi connectivity index (χ2n) is 10.3. The standard InChI is InChI=1S/C29H32N4O5S/c1-18-14-19(2)23(20(3)15-18)11-12-26-28(21(4)31-38-26)39(36,37)32-13-7-8-22(16-32)29(35)33-17-27(34)30-24-9-5-6-10-25(24)33/h5-6,9-12,14-15,22H,7-8,13,16-17H2,1-4H3,(H,30,34)/b12-11+/t22-/m0/s1. The lowest BCUT2D eigenvalue weighted by Gasteiger charge is -2.36. The molecule has 0 aliphatic carbocycles. The van der Waals surface area contributed by atoms with Crippen molar-refractivity contribution in [2.24, 2.45) is 5.92 Å². The first-order chi connectivity index (χ1) is 18.6. The zero-order valence-corrected chi connectivity index (χ0v) is 23.3. The van der Waals surface area contributed by atoms with E-state index >= 15 is 0 Å². The molecular formula is C29H32N4O5S. The highest BCUT2D eigenvalue weighted by Gasteiger charge is 2.39. The van der Waals surface area contributed by atoms with Crippen LogP contribution in [0.1, 0.15) is 46.5 Å². The molecule has 3 heterocycles. The number of nitrogens with one attached hydrogen (secondary N) is 1. The Balaban J connectivity index is 1.41. The third kappa shape index (κ3) is 5.14. The quantitative estimate of drug-likeness (QED) is 0.504. The van der Waals surface area contributed by atoms with Gasteiger partial charge in [0.25, 0.3) is 0 Å². The summed E-state index contributed by atoms with van der Waals surface area (Å²) in [4.78, 5) is 27.3. The van der Waals surface area contributed by atoms with Gasteiger partial charge in [0.05, 0.1) is 17.3 Å². The summed E-state index contributed by atoms with van der Waals surface area (Å²) in [5, 5.41) is 6.74. The van der Waals surface area contributed by atoms with Crippen molar-refractivity contribution in [1.29, 1.82) is 0 Å². The Morgan fingerprint density at radius 3 is 2.56 bits per heavy atom. The van der Waals surface area contributed by atoms with E-state index in [1.54, 1.807) is 37.3 Å². The molecular weight excluding hydrogens is 516 g/mol. The number of benzene rings is 2. The minimum absolute atomic E-state index is 0.0111. The van der Waals surface area contributed by atoms with E-state index in [1.165, 1.54) is 9.21 Å². The van der Waals surface area contributed by atoms with Crippen molar-refractivity contribution in [3.8, 4) is 0 Å². The molecule has 1 atom stereocenters. The number of para-hydroxylation sites is 2. The predicted molar refractivity (Wildman–Crippen MR) is 150 cm³/mol. The van der Waals surface area contributed by atoms with Crippen molar-refractivity contribution < 1.29 is 22.5 Å². The Morgan fingerprint density at radius 1 is 1.10 bits per heavy atom. The molecule has 10 heteroatoms. The van der Waals surface area contributed by atoms with E-state index in [1.807, 2.05) is 26.8 Å². The number of hydrogen-bond donors (Lipinski definition) is 1. The Labute approximate surface area is 228 Å². The molecule has 1 saturated heterocycles. The Kier molecular flexibility index (Phi) is 7.17. The number of amides is 2. The van der Waals surface area contributed by atoms with Gasteiger partial charge < -0.3 is 14.7 Å². The number of carbonyl (C=O) groups excluding carboxylic acids is 2. The fourth-order valence-electron chi connectivity index (χ4n) is 5.55. The van der Waals surface area contributed by atoms with Crippen molar-refractivity contribution >= 4 is 45.4 Å².